The van der Waals surface area contributed by atoms with Crippen molar-refractivity contribution in [3.8, 4) is 0 Å². The van der Waals surface area contributed by atoms with Gasteiger partial charge in [-0.25, -0.2) is 0 Å². The molecule has 0 saturated heterocycles. The molecule has 0 N–H and O–H groups in total. The molecule has 0 saturated carbocycles. The largest absolute Gasteiger partial charge is 0.379 e. The number of rotatable bonds is 15. The molecule has 3 nitrogen and oxygen atoms in total. The molecule has 0 aliphatic carbocycles. The normalized spacial score (nSPS) is 12.5. The molecular weight excluding hydrogens is 284 g/mol. The van der Waals surface area contributed by atoms with Crippen LogP contribution < -0.4 is 0 Å². The Hall–Kier alpha value is -0.0600. The zero-order valence-electron chi connectivity index (χ0n) is 14.2. The van der Waals surface area contributed by atoms with Crippen LogP contribution in [0.25, 0.3) is 0 Å². The fourth-order valence-corrected chi connectivity index (χ4v) is 2.48. The van der Waals surface area contributed by atoms with Gasteiger partial charge in [0.15, 0.2) is 5.12 Å². The lowest BCUT2D eigenvalue weighted by Gasteiger charge is -2.18. The molecule has 0 aliphatic heterocycles. The van der Waals surface area contributed by atoms with Crippen LogP contribution in [0, 0.1) is 0 Å². The fourth-order valence-electron chi connectivity index (χ4n) is 2.13. The Bertz CT molecular complexity index is 234. The second kappa shape index (κ2) is 16.3. The first-order valence-corrected chi connectivity index (χ1v) is 9.73. The lowest BCUT2D eigenvalue weighted by molar-refractivity contribution is -0.111. The highest BCUT2D eigenvalue weighted by molar-refractivity contribution is 8.13. The van der Waals surface area contributed by atoms with Crippen LogP contribution in [0.4, 0.5) is 0 Å². The Balaban J connectivity index is 3.77. The Labute approximate surface area is 135 Å². The number of ether oxygens (including phenoxy) is 2. The predicted molar refractivity (Wildman–Crippen MR) is 92.0 cm³/mol. The van der Waals surface area contributed by atoms with Crippen LogP contribution in [0.3, 0.4) is 0 Å². The van der Waals surface area contributed by atoms with Crippen molar-refractivity contribution in [1.29, 1.82) is 0 Å². The Kier molecular flexibility index (Phi) is 16.3. The number of hydrogen-bond donors (Lipinski definition) is 0. The zero-order chi connectivity index (χ0) is 15.8. The van der Waals surface area contributed by atoms with E-state index in [1.165, 1.54) is 37.4 Å². The van der Waals surface area contributed by atoms with E-state index < -0.39 is 0 Å². The monoisotopic (exact) mass is 318 g/mol. The van der Waals surface area contributed by atoms with Gasteiger partial charge < -0.3 is 9.47 Å². The summed E-state index contributed by atoms with van der Waals surface area (Å²) in [6.07, 6.45) is 11.9. The average molecular weight is 319 g/mol. The molecule has 4 heteroatoms. The van der Waals surface area contributed by atoms with Gasteiger partial charge in [-0.15, -0.1) is 0 Å². The van der Waals surface area contributed by atoms with E-state index in [-0.39, 0.29) is 5.12 Å². The first-order chi connectivity index (χ1) is 10.2. The van der Waals surface area contributed by atoms with Crippen LogP contribution in [0.1, 0.15) is 71.6 Å². The van der Waals surface area contributed by atoms with Crippen LogP contribution in [-0.2, 0) is 14.3 Å². The Morgan fingerprint density at radius 3 is 2.33 bits per heavy atom. The molecule has 0 bridgehead atoms. The van der Waals surface area contributed by atoms with E-state index in [1.54, 1.807) is 0 Å². The standard InChI is InChI=1S/C17H34O3S/c1-4-6-8-10-16(11-9-12-17(18)21-3)20-15-14-19-13-7-5-2/h16H,4-15H2,1-3H3. The first kappa shape index (κ1) is 20.9. The summed E-state index contributed by atoms with van der Waals surface area (Å²) in [7, 11) is 0. The van der Waals surface area contributed by atoms with E-state index >= 15 is 0 Å². The number of thioether (sulfide) groups is 1. The average Bonchev–Trinajstić information content (AvgIpc) is 2.50. The second-order valence-corrected chi connectivity index (χ2v) is 6.29. The molecule has 126 valence electrons. The summed E-state index contributed by atoms with van der Waals surface area (Å²) < 4.78 is 11.5. The topological polar surface area (TPSA) is 35.5 Å². The number of carbonyl (C=O) groups excluding carboxylic acids is 1. The highest BCUT2D eigenvalue weighted by Gasteiger charge is 2.10. The maximum atomic E-state index is 11.3. The molecule has 0 heterocycles. The van der Waals surface area contributed by atoms with Crippen molar-refractivity contribution in [3.63, 3.8) is 0 Å². The SMILES string of the molecule is CCCCCC(CCCC(=O)SC)OCCOCCCC. The minimum atomic E-state index is 0.283. The van der Waals surface area contributed by atoms with Crippen LogP contribution >= 0.6 is 11.8 Å². The minimum absolute atomic E-state index is 0.283. The van der Waals surface area contributed by atoms with Gasteiger partial charge >= 0.3 is 0 Å². The van der Waals surface area contributed by atoms with Crippen molar-refractivity contribution in [2.24, 2.45) is 0 Å². The van der Waals surface area contributed by atoms with Gasteiger partial charge in [-0.2, -0.15) is 0 Å². The van der Waals surface area contributed by atoms with E-state index in [0.717, 1.165) is 32.3 Å². The van der Waals surface area contributed by atoms with Gasteiger partial charge in [0.2, 0.25) is 0 Å². The number of hydrogen-bond acceptors (Lipinski definition) is 4. The van der Waals surface area contributed by atoms with Gasteiger partial charge in [0.1, 0.15) is 0 Å². The van der Waals surface area contributed by atoms with Crippen molar-refractivity contribution in [3.05, 3.63) is 0 Å². The summed E-state index contributed by atoms with van der Waals surface area (Å²) in [5.41, 5.74) is 0. The van der Waals surface area contributed by atoms with Crippen molar-refractivity contribution in [2.45, 2.75) is 77.7 Å². The molecule has 0 rings (SSSR count). The molecular formula is C17H34O3S. The molecule has 0 fully saturated rings. The van der Waals surface area contributed by atoms with Gasteiger partial charge in [0, 0.05) is 13.0 Å². The van der Waals surface area contributed by atoms with Gasteiger partial charge in [-0.3, -0.25) is 4.79 Å². The van der Waals surface area contributed by atoms with E-state index in [1.807, 2.05) is 6.26 Å². The van der Waals surface area contributed by atoms with Crippen molar-refractivity contribution in [1.82, 2.24) is 0 Å². The van der Waals surface area contributed by atoms with Crippen LogP contribution in [0.5, 0.6) is 0 Å². The molecule has 21 heavy (non-hydrogen) atoms. The summed E-state index contributed by atoms with van der Waals surface area (Å²) in [5.74, 6) is 0. The molecule has 0 spiro atoms. The number of unbranched alkanes of at least 4 members (excludes halogenated alkanes) is 3. The third-order valence-corrected chi connectivity index (χ3v) is 4.15. The number of carbonyl (C=O) groups is 1. The lowest BCUT2D eigenvalue weighted by atomic mass is 10.1. The lowest BCUT2D eigenvalue weighted by Crippen LogP contribution is -2.17. The van der Waals surface area contributed by atoms with Gasteiger partial charge in [-0.1, -0.05) is 51.3 Å². The zero-order valence-corrected chi connectivity index (χ0v) is 15.0. The highest BCUT2D eigenvalue weighted by Crippen LogP contribution is 2.15. The van der Waals surface area contributed by atoms with Crippen molar-refractivity contribution < 1.29 is 14.3 Å². The molecule has 0 amide bonds. The summed E-state index contributed by atoms with van der Waals surface area (Å²) in [6.45, 7) is 6.58. The summed E-state index contributed by atoms with van der Waals surface area (Å²) >= 11 is 1.33. The van der Waals surface area contributed by atoms with Crippen molar-refractivity contribution in [2.75, 3.05) is 26.1 Å². The molecule has 1 atom stereocenters. The van der Waals surface area contributed by atoms with E-state index in [4.69, 9.17) is 9.47 Å². The smallest absolute Gasteiger partial charge is 0.188 e. The van der Waals surface area contributed by atoms with Crippen LogP contribution in [0.2, 0.25) is 0 Å². The molecule has 0 aromatic heterocycles. The van der Waals surface area contributed by atoms with Gasteiger partial charge in [0.25, 0.3) is 0 Å². The summed E-state index contributed by atoms with van der Waals surface area (Å²) in [4.78, 5) is 11.3. The van der Waals surface area contributed by atoms with Gasteiger partial charge in [0.05, 0.1) is 19.3 Å². The van der Waals surface area contributed by atoms with E-state index in [0.29, 0.717) is 25.7 Å². The summed E-state index contributed by atoms with van der Waals surface area (Å²) in [6, 6.07) is 0. The predicted octanol–water partition coefficient (Wildman–Crippen LogP) is 4.83. The van der Waals surface area contributed by atoms with Gasteiger partial charge in [-0.05, 0) is 31.9 Å². The Morgan fingerprint density at radius 1 is 0.952 bits per heavy atom. The van der Waals surface area contributed by atoms with Crippen LogP contribution in [-0.4, -0.2) is 37.3 Å². The third-order valence-electron chi connectivity index (χ3n) is 3.49. The van der Waals surface area contributed by atoms with Crippen LogP contribution in [0.15, 0.2) is 0 Å². The molecule has 0 aromatic carbocycles. The molecule has 0 aromatic rings. The molecule has 0 radical (unpaired) electrons. The molecule has 1 unspecified atom stereocenters. The van der Waals surface area contributed by atoms with E-state index in [9.17, 15) is 4.79 Å². The maximum Gasteiger partial charge on any atom is 0.188 e. The van der Waals surface area contributed by atoms with E-state index in [2.05, 4.69) is 13.8 Å². The Morgan fingerprint density at radius 2 is 1.67 bits per heavy atom. The fraction of sp³-hybridized carbons (Fsp3) is 0.941. The highest BCUT2D eigenvalue weighted by atomic mass is 32.2. The maximum absolute atomic E-state index is 11.3. The summed E-state index contributed by atoms with van der Waals surface area (Å²) in [5, 5.41) is 0.283. The third kappa shape index (κ3) is 14.6. The van der Waals surface area contributed by atoms with Crippen molar-refractivity contribution >= 4 is 16.9 Å². The minimum Gasteiger partial charge on any atom is -0.379 e. The first-order valence-electron chi connectivity index (χ1n) is 8.50. The quantitative estimate of drug-likeness (QED) is 0.405. The molecule has 0 aliphatic rings. The second-order valence-electron chi connectivity index (χ2n) is 5.42.